The second-order valence-electron chi connectivity index (χ2n) is 8.91. The lowest BCUT2D eigenvalue weighted by atomic mass is 10.0. The number of benzene rings is 2. The van der Waals surface area contributed by atoms with E-state index >= 15 is 0 Å². The highest BCUT2D eigenvalue weighted by molar-refractivity contribution is 7.89. The van der Waals surface area contributed by atoms with Crippen molar-refractivity contribution in [2.45, 2.75) is 43.2 Å². The molecule has 4 rings (SSSR count). The van der Waals surface area contributed by atoms with E-state index < -0.39 is 10.0 Å². The van der Waals surface area contributed by atoms with Crippen molar-refractivity contribution in [3.8, 4) is 0 Å². The van der Waals surface area contributed by atoms with Crippen LogP contribution in [0, 0.1) is 5.82 Å². The van der Waals surface area contributed by atoms with E-state index in [1.807, 2.05) is 6.92 Å². The van der Waals surface area contributed by atoms with Crippen LogP contribution in [0.3, 0.4) is 0 Å². The van der Waals surface area contributed by atoms with Gasteiger partial charge in [0.1, 0.15) is 5.82 Å². The van der Waals surface area contributed by atoms with Crippen LogP contribution in [0.5, 0.6) is 0 Å². The first-order valence-corrected chi connectivity index (χ1v) is 13.3. The van der Waals surface area contributed by atoms with Gasteiger partial charge in [-0.3, -0.25) is 9.69 Å². The number of piperidine rings is 1. The van der Waals surface area contributed by atoms with E-state index in [-0.39, 0.29) is 28.7 Å². The number of morpholine rings is 1. The summed E-state index contributed by atoms with van der Waals surface area (Å²) >= 11 is 0. The molecule has 2 heterocycles. The van der Waals surface area contributed by atoms with Gasteiger partial charge in [-0.25, -0.2) is 12.8 Å². The zero-order chi connectivity index (χ0) is 24.1. The van der Waals surface area contributed by atoms with E-state index in [1.54, 1.807) is 30.3 Å². The molecule has 2 atom stereocenters. The number of ether oxygens (including phenoxy) is 1. The van der Waals surface area contributed by atoms with Crippen molar-refractivity contribution in [3.05, 3.63) is 65.5 Å². The SMILES string of the molecule is CC1CCCCN1S(=O)(=O)c1cccc(C(=O)NCC(c2ccc(F)cc2)N2CCOCC2)c1. The molecule has 1 amide bonds. The quantitative estimate of drug-likeness (QED) is 0.646. The van der Waals surface area contributed by atoms with Crippen molar-refractivity contribution in [1.82, 2.24) is 14.5 Å². The number of halogens is 1. The summed E-state index contributed by atoms with van der Waals surface area (Å²) in [6.07, 6.45) is 2.70. The highest BCUT2D eigenvalue weighted by Crippen LogP contribution is 2.26. The smallest absolute Gasteiger partial charge is 0.251 e. The molecule has 2 aliphatic rings. The zero-order valence-electron chi connectivity index (χ0n) is 19.5. The van der Waals surface area contributed by atoms with Gasteiger partial charge in [0.25, 0.3) is 5.91 Å². The van der Waals surface area contributed by atoms with Crippen molar-refractivity contribution < 1.29 is 22.3 Å². The summed E-state index contributed by atoms with van der Waals surface area (Å²) in [7, 11) is -3.67. The standard InChI is InChI=1S/C25H32FN3O4S/c1-19-5-2-3-12-29(19)34(31,32)23-7-4-6-21(17-23)25(30)27-18-24(28-13-15-33-16-14-28)20-8-10-22(26)11-9-20/h4,6-11,17,19,24H,2-3,5,12-16,18H2,1H3,(H,27,30). The Labute approximate surface area is 200 Å². The van der Waals surface area contributed by atoms with Crippen LogP contribution in [-0.2, 0) is 14.8 Å². The van der Waals surface area contributed by atoms with Crippen LogP contribution in [0.15, 0.2) is 53.4 Å². The van der Waals surface area contributed by atoms with Gasteiger partial charge < -0.3 is 10.1 Å². The summed E-state index contributed by atoms with van der Waals surface area (Å²) in [5, 5.41) is 2.95. The Morgan fingerprint density at radius 1 is 1.12 bits per heavy atom. The maximum atomic E-state index is 13.5. The number of hydrogen-bond acceptors (Lipinski definition) is 5. The molecule has 2 unspecified atom stereocenters. The van der Waals surface area contributed by atoms with E-state index in [0.29, 0.717) is 45.0 Å². The molecule has 0 saturated carbocycles. The third-order valence-corrected chi connectivity index (χ3v) is 8.65. The summed E-state index contributed by atoms with van der Waals surface area (Å²) in [4.78, 5) is 15.4. The zero-order valence-corrected chi connectivity index (χ0v) is 20.3. The van der Waals surface area contributed by atoms with Crippen LogP contribution in [0.2, 0.25) is 0 Å². The maximum absolute atomic E-state index is 13.5. The Balaban J connectivity index is 1.49. The van der Waals surface area contributed by atoms with Gasteiger partial charge in [-0.05, 0) is 55.7 Å². The van der Waals surface area contributed by atoms with Gasteiger partial charge in [0, 0.05) is 37.8 Å². The molecule has 0 spiro atoms. The molecular formula is C25H32FN3O4S. The second kappa shape index (κ2) is 10.9. The molecule has 9 heteroatoms. The van der Waals surface area contributed by atoms with Gasteiger partial charge >= 0.3 is 0 Å². The predicted octanol–water partition coefficient (Wildman–Crippen LogP) is 3.19. The Morgan fingerprint density at radius 2 is 1.85 bits per heavy atom. The van der Waals surface area contributed by atoms with Crippen molar-refractivity contribution >= 4 is 15.9 Å². The molecule has 0 aromatic heterocycles. The molecule has 2 aromatic rings. The number of amides is 1. The molecule has 0 bridgehead atoms. The molecule has 0 radical (unpaired) electrons. The third-order valence-electron chi connectivity index (χ3n) is 6.64. The van der Waals surface area contributed by atoms with Crippen LogP contribution in [0.4, 0.5) is 4.39 Å². The van der Waals surface area contributed by atoms with Crippen LogP contribution >= 0.6 is 0 Å². The summed E-state index contributed by atoms with van der Waals surface area (Å²) in [6.45, 7) is 5.35. The minimum Gasteiger partial charge on any atom is -0.379 e. The Bertz CT molecular complexity index is 1090. The summed E-state index contributed by atoms with van der Waals surface area (Å²) in [5.74, 6) is -0.654. The first-order chi connectivity index (χ1) is 16.4. The third kappa shape index (κ3) is 5.66. The number of carbonyl (C=O) groups excluding carboxylic acids is 1. The summed E-state index contributed by atoms with van der Waals surface area (Å²) in [5.41, 5.74) is 1.20. The van der Waals surface area contributed by atoms with E-state index in [9.17, 15) is 17.6 Å². The largest absolute Gasteiger partial charge is 0.379 e. The minimum atomic E-state index is -3.67. The van der Waals surface area contributed by atoms with Crippen molar-refractivity contribution in [1.29, 1.82) is 0 Å². The molecule has 1 N–H and O–H groups in total. The number of nitrogens with zero attached hydrogens (tertiary/aromatic N) is 2. The molecule has 0 aliphatic carbocycles. The van der Waals surface area contributed by atoms with Gasteiger partial charge in [-0.15, -0.1) is 0 Å². The summed E-state index contributed by atoms with van der Waals surface area (Å²) < 4.78 is 46.9. The summed E-state index contributed by atoms with van der Waals surface area (Å²) in [6, 6.07) is 12.3. The van der Waals surface area contributed by atoms with Gasteiger partial charge in [0.05, 0.1) is 24.2 Å². The monoisotopic (exact) mass is 489 g/mol. The molecular weight excluding hydrogens is 457 g/mol. The van der Waals surface area contributed by atoms with Gasteiger partial charge in [-0.1, -0.05) is 24.6 Å². The van der Waals surface area contributed by atoms with Crippen LogP contribution in [-0.4, -0.2) is 69.0 Å². The fraction of sp³-hybridized carbons (Fsp3) is 0.480. The first kappa shape index (κ1) is 24.8. The van der Waals surface area contributed by atoms with E-state index in [0.717, 1.165) is 24.8 Å². The topological polar surface area (TPSA) is 79.0 Å². The lowest BCUT2D eigenvalue weighted by Crippen LogP contribution is -2.44. The predicted molar refractivity (Wildman–Crippen MR) is 128 cm³/mol. The highest BCUT2D eigenvalue weighted by atomic mass is 32.2. The van der Waals surface area contributed by atoms with Crippen molar-refractivity contribution in [2.75, 3.05) is 39.4 Å². The molecule has 184 valence electrons. The number of nitrogens with one attached hydrogen (secondary N) is 1. The van der Waals surface area contributed by atoms with Crippen molar-refractivity contribution in [3.63, 3.8) is 0 Å². The Hall–Kier alpha value is -2.33. The maximum Gasteiger partial charge on any atom is 0.251 e. The molecule has 2 saturated heterocycles. The van der Waals surface area contributed by atoms with Crippen LogP contribution < -0.4 is 5.32 Å². The Morgan fingerprint density at radius 3 is 2.56 bits per heavy atom. The fourth-order valence-corrected chi connectivity index (χ4v) is 6.43. The van der Waals surface area contributed by atoms with Crippen molar-refractivity contribution in [2.24, 2.45) is 0 Å². The van der Waals surface area contributed by atoms with E-state index in [2.05, 4.69) is 10.2 Å². The van der Waals surface area contributed by atoms with Gasteiger partial charge in [0.15, 0.2) is 0 Å². The Kier molecular flexibility index (Phi) is 7.98. The average molecular weight is 490 g/mol. The second-order valence-corrected chi connectivity index (χ2v) is 10.8. The number of rotatable bonds is 7. The lowest BCUT2D eigenvalue weighted by Gasteiger charge is -2.35. The van der Waals surface area contributed by atoms with Gasteiger partial charge in [-0.2, -0.15) is 4.31 Å². The number of hydrogen-bond donors (Lipinski definition) is 1. The normalized spacial score (nSPS) is 21.2. The molecule has 7 nitrogen and oxygen atoms in total. The number of carbonyl (C=O) groups is 1. The lowest BCUT2D eigenvalue weighted by molar-refractivity contribution is 0.0162. The average Bonchev–Trinajstić information content (AvgIpc) is 2.86. The number of sulfonamides is 1. The van der Waals surface area contributed by atoms with Gasteiger partial charge in [0.2, 0.25) is 10.0 Å². The van der Waals surface area contributed by atoms with E-state index in [4.69, 9.17) is 4.74 Å². The first-order valence-electron chi connectivity index (χ1n) is 11.8. The molecule has 34 heavy (non-hydrogen) atoms. The minimum absolute atomic E-state index is 0.0544. The molecule has 2 aliphatic heterocycles. The highest BCUT2D eigenvalue weighted by Gasteiger charge is 2.31. The van der Waals surface area contributed by atoms with Crippen LogP contribution in [0.25, 0.3) is 0 Å². The molecule has 2 fully saturated rings. The fourth-order valence-electron chi connectivity index (χ4n) is 4.69. The van der Waals surface area contributed by atoms with E-state index in [1.165, 1.54) is 22.5 Å². The van der Waals surface area contributed by atoms with Crippen LogP contribution in [0.1, 0.15) is 48.1 Å². The molecule has 2 aromatic carbocycles.